The Morgan fingerprint density at radius 3 is 2.47 bits per heavy atom. The second kappa shape index (κ2) is 6.68. The lowest BCUT2D eigenvalue weighted by atomic mass is 9.84. The van der Waals surface area contributed by atoms with Crippen molar-refractivity contribution < 1.29 is 4.79 Å². The van der Waals surface area contributed by atoms with Gasteiger partial charge in [-0.1, -0.05) is 25.0 Å². The van der Waals surface area contributed by atoms with Crippen molar-refractivity contribution in [3.8, 4) is 0 Å². The Labute approximate surface area is 114 Å². The van der Waals surface area contributed by atoms with E-state index in [0.29, 0.717) is 24.6 Å². The molecule has 0 aliphatic heterocycles. The molecule has 0 bridgehead atoms. The van der Waals surface area contributed by atoms with Gasteiger partial charge in [-0.2, -0.15) is 0 Å². The number of carbonyl (C=O) groups excluding carboxylic acids is 1. The van der Waals surface area contributed by atoms with Gasteiger partial charge in [-0.3, -0.25) is 4.79 Å². The molecule has 104 valence electrons. The Kier molecular flexibility index (Phi) is 4.93. The maximum absolute atomic E-state index is 12.2. The van der Waals surface area contributed by atoms with E-state index >= 15 is 0 Å². The zero-order valence-corrected chi connectivity index (χ0v) is 11.3. The highest BCUT2D eigenvalue weighted by Crippen LogP contribution is 2.23. The first-order valence-electron chi connectivity index (χ1n) is 7.04. The largest absolute Gasteiger partial charge is 0.349 e. The highest BCUT2D eigenvalue weighted by Gasteiger charge is 2.25. The zero-order chi connectivity index (χ0) is 13.7. The molecule has 1 aromatic rings. The molecule has 2 rings (SSSR count). The van der Waals surface area contributed by atoms with Gasteiger partial charge in [-0.15, -0.1) is 0 Å². The van der Waals surface area contributed by atoms with Crippen LogP contribution in [-0.2, 0) is 6.54 Å². The third-order valence-corrected chi connectivity index (χ3v) is 3.98. The average molecular weight is 261 g/mol. The molecule has 2 unspecified atom stereocenters. The van der Waals surface area contributed by atoms with Gasteiger partial charge in [0.25, 0.3) is 5.91 Å². The summed E-state index contributed by atoms with van der Waals surface area (Å²) in [7, 11) is 0. The van der Waals surface area contributed by atoms with Gasteiger partial charge >= 0.3 is 0 Å². The molecule has 0 heterocycles. The summed E-state index contributed by atoms with van der Waals surface area (Å²) in [5.74, 6) is 0.412. The van der Waals surface area contributed by atoms with Crippen molar-refractivity contribution in [2.45, 2.75) is 38.3 Å². The maximum atomic E-state index is 12.2. The van der Waals surface area contributed by atoms with E-state index in [1.54, 1.807) is 0 Å². The van der Waals surface area contributed by atoms with Gasteiger partial charge in [0.05, 0.1) is 0 Å². The SMILES string of the molecule is NCc1ccc(C(=O)NC2CCCCC2CN)cc1. The number of rotatable bonds is 4. The van der Waals surface area contributed by atoms with Crippen molar-refractivity contribution in [1.29, 1.82) is 0 Å². The first-order valence-corrected chi connectivity index (χ1v) is 7.04. The number of hydrogen-bond acceptors (Lipinski definition) is 3. The number of amides is 1. The lowest BCUT2D eigenvalue weighted by Crippen LogP contribution is -2.44. The van der Waals surface area contributed by atoms with Crippen molar-refractivity contribution >= 4 is 5.91 Å². The molecule has 4 nitrogen and oxygen atoms in total. The Hall–Kier alpha value is -1.39. The van der Waals surface area contributed by atoms with E-state index < -0.39 is 0 Å². The van der Waals surface area contributed by atoms with Gasteiger partial charge in [0.1, 0.15) is 0 Å². The monoisotopic (exact) mass is 261 g/mol. The van der Waals surface area contributed by atoms with Crippen LogP contribution in [0.1, 0.15) is 41.6 Å². The molecule has 19 heavy (non-hydrogen) atoms. The summed E-state index contributed by atoms with van der Waals surface area (Å²) in [6.45, 7) is 1.15. The topological polar surface area (TPSA) is 81.1 Å². The zero-order valence-electron chi connectivity index (χ0n) is 11.3. The Morgan fingerprint density at radius 1 is 1.16 bits per heavy atom. The summed E-state index contributed by atoms with van der Waals surface area (Å²) < 4.78 is 0. The minimum absolute atomic E-state index is 0.00563. The molecule has 1 aromatic carbocycles. The summed E-state index contributed by atoms with van der Waals surface area (Å²) >= 11 is 0. The second-order valence-corrected chi connectivity index (χ2v) is 5.26. The van der Waals surface area contributed by atoms with Crippen molar-refractivity contribution in [3.63, 3.8) is 0 Å². The minimum Gasteiger partial charge on any atom is -0.349 e. The van der Waals surface area contributed by atoms with Crippen LogP contribution in [0.3, 0.4) is 0 Å². The molecule has 0 saturated heterocycles. The van der Waals surface area contributed by atoms with Gasteiger partial charge < -0.3 is 16.8 Å². The Bertz CT molecular complexity index is 416. The molecule has 2 atom stereocenters. The van der Waals surface area contributed by atoms with Gasteiger partial charge in [0, 0.05) is 18.2 Å². The van der Waals surface area contributed by atoms with Crippen LogP contribution < -0.4 is 16.8 Å². The number of benzene rings is 1. The average Bonchev–Trinajstić information content (AvgIpc) is 2.48. The fraction of sp³-hybridized carbons (Fsp3) is 0.533. The van der Waals surface area contributed by atoms with Crippen LogP contribution in [0.25, 0.3) is 0 Å². The van der Waals surface area contributed by atoms with E-state index in [4.69, 9.17) is 11.5 Å². The molecule has 5 N–H and O–H groups in total. The van der Waals surface area contributed by atoms with Crippen LogP contribution in [0.2, 0.25) is 0 Å². The van der Waals surface area contributed by atoms with Crippen molar-refractivity contribution in [2.75, 3.05) is 6.54 Å². The number of hydrogen-bond donors (Lipinski definition) is 3. The van der Waals surface area contributed by atoms with E-state index in [1.165, 1.54) is 12.8 Å². The molecular formula is C15H23N3O. The quantitative estimate of drug-likeness (QED) is 0.766. The molecule has 0 radical (unpaired) electrons. The maximum Gasteiger partial charge on any atom is 0.251 e. The van der Waals surface area contributed by atoms with Crippen molar-refractivity contribution in [2.24, 2.45) is 17.4 Å². The second-order valence-electron chi connectivity index (χ2n) is 5.26. The lowest BCUT2D eigenvalue weighted by Gasteiger charge is -2.31. The normalized spacial score (nSPS) is 23.1. The molecule has 0 aromatic heterocycles. The van der Waals surface area contributed by atoms with E-state index in [1.807, 2.05) is 24.3 Å². The molecule has 1 aliphatic carbocycles. The Balaban J connectivity index is 1.98. The Morgan fingerprint density at radius 2 is 1.84 bits per heavy atom. The van der Waals surface area contributed by atoms with Crippen molar-refractivity contribution in [1.82, 2.24) is 5.32 Å². The van der Waals surface area contributed by atoms with Crippen LogP contribution in [0.4, 0.5) is 0 Å². The van der Waals surface area contributed by atoms with Gasteiger partial charge in [0.15, 0.2) is 0 Å². The van der Waals surface area contributed by atoms with Gasteiger partial charge in [-0.05, 0) is 43.0 Å². The molecule has 1 amide bonds. The van der Waals surface area contributed by atoms with Crippen LogP contribution in [0, 0.1) is 5.92 Å². The summed E-state index contributed by atoms with van der Waals surface area (Å²) in [6.07, 6.45) is 4.55. The molecule has 1 aliphatic rings. The number of nitrogens with two attached hydrogens (primary N) is 2. The van der Waals surface area contributed by atoms with E-state index in [-0.39, 0.29) is 11.9 Å². The molecule has 1 fully saturated rings. The summed E-state index contributed by atoms with van der Waals surface area (Å²) in [5.41, 5.74) is 13.1. The van der Waals surface area contributed by atoms with Crippen LogP contribution in [-0.4, -0.2) is 18.5 Å². The molecular weight excluding hydrogens is 238 g/mol. The lowest BCUT2D eigenvalue weighted by molar-refractivity contribution is 0.0908. The van der Waals surface area contributed by atoms with Crippen LogP contribution in [0.5, 0.6) is 0 Å². The van der Waals surface area contributed by atoms with Gasteiger partial charge in [0.2, 0.25) is 0 Å². The van der Waals surface area contributed by atoms with E-state index in [0.717, 1.165) is 18.4 Å². The van der Waals surface area contributed by atoms with E-state index in [9.17, 15) is 4.79 Å². The number of carbonyl (C=O) groups is 1. The van der Waals surface area contributed by atoms with Gasteiger partial charge in [-0.25, -0.2) is 0 Å². The predicted octanol–water partition coefficient (Wildman–Crippen LogP) is 1.39. The third-order valence-electron chi connectivity index (χ3n) is 3.98. The third kappa shape index (κ3) is 3.55. The standard InChI is InChI=1S/C15H23N3O/c16-9-11-5-7-12(8-6-11)15(19)18-14-4-2-1-3-13(14)10-17/h5-8,13-14H,1-4,9-10,16-17H2,(H,18,19). The summed E-state index contributed by atoms with van der Waals surface area (Å²) in [6, 6.07) is 7.68. The fourth-order valence-corrected chi connectivity index (χ4v) is 2.72. The van der Waals surface area contributed by atoms with Crippen LogP contribution >= 0.6 is 0 Å². The molecule has 1 saturated carbocycles. The van der Waals surface area contributed by atoms with Crippen molar-refractivity contribution in [3.05, 3.63) is 35.4 Å². The summed E-state index contributed by atoms with van der Waals surface area (Å²) in [4.78, 5) is 12.2. The number of nitrogens with one attached hydrogen (secondary N) is 1. The van der Waals surface area contributed by atoms with E-state index in [2.05, 4.69) is 5.32 Å². The van der Waals surface area contributed by atoms with Crippen LogP contribution in [0.15, 0.2) is 24.3 Å². The summed E-state index contributed by atoms with van der Waals surface area (Å²) in [5, 5.41) is 3.12. The first-order chi connectivity index (χ1) is 9.24. The first kappa shape index (κ1) is 14.0. The molecule has 4 heteroatoms. The predicted molar refractivity (Wildman–Crippen MR) is 76.6 cm³/mol. The minimum atomic E-state index is -0.00563. The fourth-order valence-electron chi connectivity index (χ4n) is 2.72. The highest BCUT2D eigenvalue weighted by atomic mass is 16.1. The highest BCUT2D eigenvalue weighted by molar-refractivity contribution is 5.94. The smallest absolute Gasteiger partial charge is 0.251 e. The molecule has 0 spiro atoms.